The van der Waals surface area contributed by atoms with Gasteiger partial charge in [0.1, 0.15) is 11.2 Å². The standard InChI is InChI=1S/C12H7BrClN3O2/c1-6-10(14)16-12(19)17(11(6)18)9-4-8(13)3-2-7(9)5-15/h2-4H,1H3,(H,16,19). The molecule has 1 aromatic heterocycles. The van der Waals surface area contributed by atoms with E-state index < -0.39 is 11.2 Å². The molecule has 0 unspecified atom stereocenters. The largest absolute Gasteiger partial charge is 0.334 e. The van der Waals surface area contributed by atoms with Crippen molar-refractivity contribution in [3.05, 3.63) is 59.8 Å². The number of aromatic amines is 1. The number of halogens is 2. The van der Waals surface area contributed by atoms with Gasteiger partial charge in [0.15, 0.2) is 0 Å². The van der Waals surface area contributed by atoms with Crippen molar-refractivity contribution in [2.45, 2.75) is 6.92 Å². The summed E-state index contributed by atoms with van der Waals surface area (Å²) in [6, 6.07) is 6.65. The van der Waals surface area contributed by atoms with Crippen LogP contribution in [0.3, 0.4) is 0 Å². The number of nitriles is 1. The molecule has 0 radical (unpaired) electrons. The third-order valence-electron chi connectivity index (χ3n) is 2.59. The van der Waals surface area contributed by atoms with Crippen LogP contribution in [-0.2, 0) is 0 Å². The van der Waals surface area contributed by atoms with Gasteiger partial charge in [-0.05, 0) is 25.1 Å². The Hall–Kier alpha value is -1.84. The molecule has 1 N–H and O–H groups in total. The number of hydrogen-bond donors (Lipinski definition) is 1. The van der Waals surface area contributed by atoms with E-state index in [1.54, 1.807) is 6.07 Å². The molecule has 1 aromatic carbocycles. The Kier molecular flexibility index (Phi) is 3.60. The Balaban J connectivity index is 2.92. The van der Waals surface area contributed by atoms with E-state index >= 15 is 0 Å². The van der Waals surface area contributed by atoms with Crippen LogP contribution in [-0.4, -0.2) is 9.55 Å². The number of rotatable bonds is 1. The molecule has 0 saturated carbocycles. The second-order valence-electron chi connectivity index (χ2n) is 3.78. The van der Waals surface area contributed by atoms with Gasteiger partial charge in [-0.1, -0.05) is 27.5 Å². The lowest BCUT2D eigenvalue weighted by atomic mass is 10.2. The van der Waals surface area contributed by atoms with Crippen molar-refractivity contribution < 1.29 is 0 Å². The van der Waals surface area contributed by atoms with Crippen molar-refractivity contribution in [1.82, 2.24) is 9.55 Å². The van der Waals surface area contributed by atoms with Gasteiger partial charge in [0.25, 0.3) is 5.56 Å². The van der Waals surface area contributed by atoms with Crippen LogP contribution in [0.2, 0.25) is 5.15 Å². The zero-order chi connectivity index (χ0) is 14.2. The summed E-state index contributed by atoms with van der Waals surface area (Å²) in [6.45, 7) is 1.50. The second kappa shape index (κ2) is 5.03. The Bertz CT molecular complexity index is 817. The molecular weight excluding hydrogens is 334 g/mol. The molecule has 0 saturated heterocycles. The number of nitrogens with zero attached hydrogens (tertiary/aromatic N) is 2. The van der Waals surface area contributed by atoms with Crippen LogP contribution < -0.4 is 11.2 Å². The third kappa shape index (κ3) is 2.35. The highest BCUT2D eigenvalue weighted by atomic mass is 79.9. The van der Waals surface area contributed by atoms with E-state index in [2.05, 4.69) is 20.9 Å². The van der Waals surface area contributed by atoms with Crippen LogP contribution in [0.1, 0.15) is 11.1 Å². The van der Waals surface area contributed by atoms with E-state index in [1.807, 2.05) is 6.07 Å². The molecule has 5 nitrogen and oxygen atoms in total. The Morgan fingerprint density at radius 1 is 1.42 bits per heavy atom. The first kappa shape index (κ1) is 13.6. The second-order valence-corrected chi connectivity index (χ2v) is 5.08. The van der Waals surface area contributed by atoms with E-state index in [-0.39, 0.29) is 22.0 Å². The molecule has 2 rings (SSSR count). The molecular formula is C12H7BrClN3O2. The fraction of sp³-hybridized carbons (Fsp3) is 0.0833. The van der Waals surface area contributed by atoms with Crippen LogP contribution in [0.4, 0.5) is 0 Å². The highest BCUT2D eigenvalue weighted by Gasteiger charge is 2.14. The molecule has 0 atom stereocenters. The van der Waals surface area contributed by atoms with E-state index in [0.29, 0.717) is 4.47 Å². The lowest BCUT2D eigenvalue weighted by molar-refractivity contribution is 0.857. The molecule has 96 valence electrons. The third-order valence-corrected chi connectivity index (χ3v) is 3.47. The maximum atomic E-state index is 12.1. The van der Waals surface area contributed by atoms with Gasteiger partial charge in [-0.3, -0.25) is 9.78 Å². The minimum atomic E-state index is -0.685. The van der Waals surface area contributed by atoms with Crippen molar-refractivity contribution in [1.29, 1.82) is 5.26 Å². The molecule has 0 spiro atoms. The first-order valence-electron chi connectivity index (χ1n) is 5.17. The molecule has 0 amide bonds. The molecule has 0 aliphatic heterocycles. The smallest absolute Gasteiger partial charge is 0.297 e. The molecule has 19 heavy (non-hydrogen) atoms. The maximum absolute atomic E-state index is 12.1. The number of hydrogen-bond acceptors (Lipinski definition) is 3. The minimum absolute atomic E-state index is 0.000227. The molecule has 0 fully saturated rings. The summed E-state index contributed by atoms with van der Waals surface area (Å²) in [5.74, 6) is 0. The number of benzene rings is 1. The predicted octanol–water partition coefficient (Wildman–Crippen LogP) is 2.12. The van der Waals surface area contributed by atoms with Crippen LogP contribution >= 0.6 is 27.5 Å². The van der Waals surface area contributed by atoms with Crippen LogP contribution in [0.5, 0.6) is 0 Å². The van der Waals surface area contributed by atoms with Crippen molar-refractivity contribution in [2.24, 2.45) is 0 Å². The lowest BCUT2D eigenvalue weighted by Crippen LogP contribution is -2.35. The zero-order valence-corrected chi connectivity index (χ0v) is 12.0. The van der Waals surface area contributed by atoms with Crippen molar-refractivity contribution in [3.63, 3.8) is 0 Å². The minimum Gasteiger partial charge on any atom is -0.297 e. The fourth-order valence-corrected chi connectivity index (χ4v) is 2.11. The predicted molar refractivity (Wildman–Crippen MR) is 74.8 cm³/mol. The van der Waals surface area contributed by atoms with Crippen LogP contribution in [0.15, 0.2) is 32.3 Å². The molecule has 1 heterocycles. The average Bonchev–Trinajstić information content (AvgIpc) is 2.36. The number of nitrogens with one attached hydrogen (secondary N) is 1. The SMILES string of the molecule is Cc1c(Cl)[nH]c(=O)n(-c2cc(Br)ccc2C#N)c1=O. The molecule has 0 aliphatic rings. The average molecular weight is 341 g/mol. The molecule has 7 heteroatoms. The molecule has 0 aliphatic carbocycles. The highest BCUT2D eigenvalue weighted by molar-refractivity contribution is 9.10. The summed E-state index contributed by atoms with van der Waals surface area (Å²) in [6.07, 6.45) is 0. The first-order valence-corrected chi connectivity index (χ1v) is 6.34. The summed E-state index contributed by atoms with van der Waals surface area (Å²) in [4.78, 5) is 26.4. The van der Waals surface area contributed by atoms with Crippen LogP contribution in [0, 0.1) is 18.3 Å². The van der Waals surface area contributed by atoms with Gasteiger partial charge in [-0.2, -0.15) is 5.26 Å². The van der Waals surface area contributed by atoms with E-state index in [4.69, 9.17) is 16.9 Å². The molecule has 0 bridgehead atoms. The van der Waals surface area contributed by atoms with Gasteiger partial charge in [0, 0.05) is 4.47 Å². The molecule has 2 aromatic rings. The Labute approximate surface area is 121 Å². The quantitative estimate of drug-likeness (QED) is 0.808. The van der Waals surface area contributed by atoms with Gasteiger partial charge in [0.2, 0.25) is 0 Å². The Morgan fingerprint density at radius 3 is 2.74 bits per heavy atom. The number of aromatic nitrogens is 2. The van der Waals surface area contributed by atoms with Crippen LogP contribution in [0.25, 0.3) is 5.69 Å². The first-order chi connectivity index (χ1) is 8.95. The van der Waals surface area contributed by atoms with E-state index in [9.17, 15) is 9.59 Å². The summed E-state index contributed by atoms with van der Waals surface area (Å²) in [5, 5.41) is 9.06. The van der Waals surface area contributed by atoms with Gasteiger partial charge in [-0.15, -0.1) is 0 Å². The van der Waals surface area contributed by atoms with Gasteiger partial charge in [0.05, 0.1) is 16.8 Å². The normalized spacial score (nSPS) is 10.2. The van der Waals surface area contributed by atoms with E-state index in [1.165, 1.54) is 19.1 Å². The van der Waals surface area contributed by atoms with Gasteiger partial charge >= 0.3 is 5.69 Å². The zero-order valence-electron chi connectivity index (χ0n) is 9.70. The van der Waals surface area contributed by atoms with E-state index in [0.717, 1.165) is 4.57 Å². The topological polar surface area (TPSA) is 78.7 Å². The van der Waals surface area contributed by atoms with Crippen molar-refractivity contribution in [2.75, 3.05) is 0 Å². The van der Waals surface area contributed by atoms with Gasteiger partial charge < -0.3 is 0 Å². The summed E-state index contributed by atoms with van der Waals surface area (Å²) < 4.78 is 1.55. The summed E-state index contributed by atoms with van der Waals surface area (Å²) >= 11 is 8.98. The fourth-order valence-electron chi connectivity index (χ4n) is 1.60. The summed E-state index contributed by atoms with van der Waals surface area (Å²) in [5.41, 5.74) is -0.593. The summed E-state index contributed by atoms with van der Waals surface area (Å²) in [7, 11) is 0. The number of H-pyrrole nitrogens is 1. The van der Waals surface area contributed by atoms with Crippen molar-refractivity contribution in [3.8, 4) is 11.8 Å². The van der Waals surface area contributed by atoms with Gasteiger partial charge in [-0.25, -0.2) is 9.36 Å². The highest BCUT2D eigenvalue weighted by Crippen LogP contribution is 2.18. The Morgan fingerprint density at radius 2 is 2.11 bits per heavy atom. The maximum Gasteiger partial charge on any atom is 0.334 e. The monoisotopic (exact) mass is 339 g/mol. The van der Waals surface area contributed by atoms with Crippen molar-refractivity contribution >= 4 is 27.5 Å². The lowest BCUT2D eigenvalue weighted by Gasteiger charge is -2.08.